The third-order valence-corrected chi connectivity index (χ3v) is 3.92. The van der Waals surface area contributed by atoms with Gasteiger partial charge in [0.25, 0.3) is 5.91 Å². The number of thiazole rings is 1. The first-order valence-corrected chi connectivity index (χ1v) is 7.67. The summed E-state index contributed by atoms with van der Waals surface area (Å²) in [6.45, 7) is 6.13. The molecular formula is C14H14BrFN2OS. The number of hydrogen-bond donors (Lipinski definition) is 1. The second kappa shape index (κ2) is 5.61. The minimum absolute atomic E-state index is 0.00752. The molecule has 1 heterocycles. The maximum Gasteiger partial charge on any atom is 0.260 e. The first-order valence-electron chi connectivity index (χ1n) is 6.00. The zero-order chi connectivity index (χ0) is 14.9. The van der Waals surface area contributed by atoms with Gasteiger partial charge >= 0.3 is 0 Å². The van der Waals surface area contributed by atoms with E-state index in [9.17, 15) is 9.18 Å². The molecule has 0 aliphatic carbocycles. The fourth-order valence-corrected chi connectivity index (χ4v) is 2.80. The predicted octanol–water partition coefficient (Wildman–Crippen LogP) is 4.59. The van der Waals surface area contributed by atoms with Gasteiger partial charge in [0.2, 0.25) is 0 Å². The van der Waals surface area contributed by atoms with E-state index in [-0.39, 0.29) is 11.0 Å². The lowest BCUT2D eigenvalue weighted by Gasteiger charge is -2.14. The molecule has 1 amide bonds. The molecule has 0 unspecified atom stereocenters. The number of amides is 1. The SMILES string of the molecule is CC(C)(C)c1csc(NC(=O)c2cc(Br)ccc2F)n1. The molecule has 0 radical (unpaired) electrons. The normalized spacial score (nSPS) is 11.4. The van der Waals surface area contributed by atoms with Crippen LogP contribution in [0.25, 0.3) is 0 Å². The van der Waals surface area contributed by atoms with Gasteiger partial charge in [-0.05, 0) is 18.2 Å². The highest BCUT2D eigenvalue weighted by molar-refractivity contribution is 9.10. The van der Waals surface area contributed by atoms with Crippen molar-refractivity contribution in [2.24, 2.45) is 0 Å². The van der Waals surface area contributed by atoms with E-state index in [0.29, 0.717) is 9.60 Å². The van der Waals surface area contributed by atoms with Crippen LogP contribution in [0.3, 0.4) is 0 Å². The summed E-state index contributed by atoms with van der Waals surface area (Å²) in [7, 11) is 0. The Bertz CT molecular complexity index is 649. The van der Waals surface area contributed by atoms with Crippen LogP contribution in [-0.4, -0.2) is 10.9 Å². The van der Waals surface area contributed by atoms with Crippen molar-refractivity contribution in [1.82, 2.24) is 4.98 Å². The average Bonchev–Trinajstić information content (AvgIpc) is 2.80. The Morgan fingerprint density at radius 1 is 1.40 bits per heavy atom. The summed E-state index contributed by atoms with van der Waals surface area (Å²) in [5.74, 6) is -1.06. The average molecular weight is 357 g/mol. The van der Waals surface area contributed by atoms with Gasteiger partial charge in [0.05, 0.1) is 11.3 Å². The third kappa shape index (κ3) is 3.43. The summed E-state index contributed by atoms with van der Waals surface area (Å²) >= 11 is 4.55. The fourth-order valence-electron chi connectivity index (χ4n) is 1.51. The quantitative estimate of drug-likeness (QED) is 0.854. The number of nitrogens with one attached hydrogen (secondary N) is 1. The maximum atomic E-state index is 13.6. The van der Waals surface area contributed by atoms with Gasteiger partial charge in [0, 0.05) is 15.3 Å². The Labute approximate surface area is 129 Å². The Morgan fingerprint density at radius 3 is 2.70 bits per heavy atom. The monoisotopic (exact) mass is 356 g/mol. The molecule has 2 rings (SSSR count). The number of hydrogen-bond acceptors (Lipinski definition) is 3. The first-order chi connectivity index (χ1) is 9.27. The standard InChI is InChI=1S/C14H14BrFN2OS/c1-14(2,3)11-7-20-13(17-11)18-12(19)9-6-8(15)4-5-10(9)16/h4-7H,1-3H3,(H,17,18,19). The largest absolute Gasteiger partial charge is 0.298 e. The van der Waals surface area contributed by atoms with Gasteiger partial charge in [0.15, 0.2) is 5.13 Å². The van der Waals surface area contributed by atoms with E-state index in [1.54, 1.807) is 6.07 Å². The Hall–Kier alpha value is -1.27. The molecule has 20 heavy (non-hydrogen) atoms. The van der Waals surface area contributed by atoms with Crippen LogP contribution in [0.2, 0.25) is 0 Å². The maximum absolute atomic E-state index is 13.6. The molecule has 6 heteroatoms. The first kappa shape index (κ1) is 15.1. The summed E-state index contributed by atoms with van der Waals surface area (Å²) in [5, 5.41) is 4.99. The molecule has 0 saturated heterocycles. The van der Waals surface area contributed by atoms with E-state index in [0.717, 1.165) is 5.69 Å². The third-order valence-electron chi connectivity index (χ3n) is 2.67. The number of benzene rings is 1. The molecule has 0 spiro atoms. The number of anilines is 1. The molecule has 0 bridgehead atoms. The van der Waals surface area contributed by atoms with E-state index in [4.69, 9.17) is 0 Å². The summed E-state index contributed by atoms with van der Waals surface area (Å²) in [6, 6.07) is 4.25. The van der Waals surface area contributed by atoms with Crippen molar-refractivity contribution in [2.75, 3.05) is 5.32 Å². The minimum Gasteiger partial charge on any atom is -0.298 e. The molecule has 1 aromatic heterocycles. The minimum atomic E-state index is -0.557. The van der Waals surface area contributed by atoms with Crippen LogP contribution in [0.15, 0.2) is 28.1 Å². The van der Waals surface area contributed by atoms with Crippen molar-refractivity contribution in [3.05, 3.63) is 45.1 Å². The van der Waals surface area contributed by atoms with Crippen molar-refractivity contribution in [3.63, 3.8) is 0 Å². The lowest BCUT2D eigenvalue weighted by atomic mass is 9.93. The van der Waals surface area contributed by atoms with Crippen LogP contribution in [-0.2, 0) is 5.41 Å². The van der Waals surface area contributed by atoms with Gasteiger partial charge in [-0.2, -0.15) is 0 Å². The molecule has 0 aliphatic heterocycles. The van der Waals surface area contributed by atoms with Gasteiger partial charge in [-0.15, -0.1) is 11.3 Å². The Kier molecular flexibility index (Phi) is 4.25. The van der Waals surface area contributed by atoms with Gasteiger partial charge in [-0.25, -0.2) is 9.37 Å². The van der Waals surface area contributed by atoms with Crippen molar-refractivity contribution in [1.29, 1.82) is 0 Å². The number of halogens is 2. The van der Waals surface area contributed by atoms with E-state index in [1.165, 1.54) is 23.5 Å². The molecular weight excluding hydrogens is 343 g/mol. The highest BCUT2D eigenvalue weighted by Crippen LogP contribution is 2.27. The molecule has 1 aromatic carbocycles. The topological polar surface area (TPSA) is 42.0 Å². The number of nitrogens with zero attached hydrogens (tertiary/aromatic N) is 1. The van der Waals surface area contributed by atoms with Crippen molar-refractivity contribution < 1.29 is 9.18 Å². The second-order valence-corrected chi connectivity index (χ2v) is 7.14. The van der Waals surface area contributed by atoms with Crippen LogP contribution in [0, 0.1) is 5.82 Å². The number of carbonyl (C=O) groups is 1. The molecule has 0 fully saturated rings. The van der Waals surface area contributed by atoms with E-state index < -0.39 is 11.7 Å². The van der Waals surface area contributed by atoms with Gasteiger partial charge < -0.3 is 0 Å². The number of rotatable bonds is 2. The smallest absolute Gasteiger partial charge is 0.260 e. The van der Waals surface area contributed by atoms with Crippen LogP contribution in [0.4, 0.5) is 9.52 Å². The highest BCUT2D eigenvalue weighted by atomic mass is 79.9. The van der Waals surface area contributed by atoms with E-state index in [2.05, 4.69) is 26.2 Å². The summed E-state index contributed by atoms with van der Waals surface area (Å²) < 4.78 is 14.3. The van der Waals surface area contributed by atoms with Gasteiger partial charge in [-0.3, -0.25) is 10.1 Å². The van der Waals surface area contributed by atoms with Crippen molar-refractivity contribution in [2.45, 2.75) is 26.2 Å². The predicted molar refractivity (Wildman–Crippen MR) is 82.9 cm³/mol. The van der Waals surface area contributed by atoms with Crippen LogP contribution < -0.4 is 5.32 Å². The molecule has 106 valence electrons. The van der Waals surface area contributed by atoms with E-state index in [1.807, 2.05) is 26.2 Å². The lowest BCUT2D eigenvalue weighted by Crippen LogP contribution is -2.15. The van der Waals surface area contributed by atoms with Crippen molar-refractivity contribution >= 4 is 38.3 Å². The van der Waals surface area contributed by atoms with Crippen LogP contribution >= 0.6 is 27.3 Å². The zero-order valence-corrected chi connectivity index (χ0v) is 13.7. The molecule has 0 aliphatic rings. The molecule has 1 N–H and O–H groups in total. The number of aromatic nitrogens is 1. The number of carbonyl (C=O) groups excluding carboxylic acids is 1. The van der Waals surface area contributed by atoms with E-state index >= 15 is 0 Å². The lowest BCUT2D eigenvalue weighted by molar-refractivity contribution is 0.102. The zero-order valence-electron chi connectivity index (χ0n) is 11.3. The second-order valence-electron chi connectivity index (χ2n) is 5.37. The Morgan fingerprint density at radius 2 is 2.10 bits per heavy atom. The van der Waals surface area contributed by atoms with Crippen LogP contribution in [0.1, 0.15) is 36.8 Å². The van der Waals surface area contributed by atoms with Crippen LogP contribution in [0.5, 0.6) is 0 Å². The molecule has 0 saturated carbocycles. The molecule has 0 atom stereocenters. The fraction of sp³-hybridized carbons (Fsp3) is 0.286. The summed E-state index contributed by atoms with van der Waals surface area (Å²) in [5.41, 5.74) is 0.805. The molecule has 2 aromatic rings. The highest BCUT2D eigenvalue weighted by Gasteiger charge is 2.19. The summed E-state index contributed by atoms with van der Waals surface area (Å²) in [6.07, 6.45) is 0. The van der Waals surface area contributed by atoms with Crippen molar-refractivity contribution in [3.8, 4) is 0 Å². The molecule has 3 nitrogen and oxygen atoms in total. The van der Waals surface area contributed by atoms with Gasteiger partial charge in [0.1, 0.15) is 5.82 Å². The van der Waals surface area contributed by atoms with Gasteiger partial charge in [-0.1, -0.05) is 36.7 Å². The summed E-state index contributed by atoms with van der Waals surface area (Å²) in [4.78, 5) is 16.4. The Balaban J connectivity index is 2.20.